The fraction of sp³-hybridized carbons (Fsp3) is 0.250. The molecule has 0 spiro atoms. The van der Waals surface area contributed by atoms with E-state index in [4.69, 9.17) is 9.84 Å². The molecule has 0 unspecified atom stereocenters. The summed E-state index contributed by atoms with van der Waals surface area (Å²) in [5.74, 6) is 0.713. The zero-order valence-electron chi connectivity index (χ0n) is 10.5. The fourth-order valence-electron chi connectivity index (χ4n) is 2.48. The van der Waals surface area contributed by atoms with E-state index < -0.39 is 6.10 Å². The first-order valence-corrected chi connectivity index (χ1v) is 6.42. The highest BCUT2D eigenvalue weighted by Gasteiger charge is 2.22. The number of benzene rings is 2. The van der Waals surface area contributed by atoms with Crippen molar-refractivity contribution in [1.82, 2.24) is 0 Å². The van der Waals surface area contributed by atoms with E-state index in [9.17, 15) is 5.11 Å². The van der Waals surface area contributed by atoms with Gasteiger partial charge in [0.2, 0.25) is 0 Å². The lowest BCUT2D eigenvalue weighted by molar-refractivity contribution is 0.218. The van der Waals surface area contributed by atoms with Gasteiger partial charge in [-0.3, -0.25) is 0 Å². The predicted molar refractivity (Wildman–Crippen MR) is 72.1 cm³/mol. The van der Waals surface area contributed by atoms with Crippen LogP contribution in [0.2, 0.25) is 0 Å². The van der Waals surface area contributed by atoms with Gasteiger partial charge in [0.15, 0.2) is 0 Å². The molecule has 0 amide bonds. The molecule has 0 aliphatic carbocycles. The normalized spacial score (nSPS) is 17.1. The van der Waals surface area contributed by atoms with Gasteiger partial charge in [0, 0.05) is 12.2 Å². The number of hydrogen-bond acceptors (Lipinski definition) is 3. The third kappa shape index (κ3) is 2.23. The van der Waals surface area contributed by atoms with Crippen molar-refractivity contribution in [2.45, 2.75) is 19.1 Å². The molecule has 2 aromatic carbocycles. The first-order chi connectivity index (χ1) is 9.29. The molecule has 3 rings (SSSR count). The van der Waals surface area contributed by atoms with Crippen LogP contribution < -0.4 is 4.74 Å². The van der Waals surface area contributed by atoms with Crippen LogP contribution in [0.15, 0.2) is 42.5 Å². The van der Waals surface area contributed by atoms with Crippen LogP contribution in [0.5, 0.6) is 5.75 Å². The molecule has 0 saturated carbocycles. The Hall–Kier alpha value is -1.84. The van der Waals surface area contributed by atoms with Gasteiger partial charge in [0.25, 0.3) is 0 Å². The van der Waals surface area contributed by atoms with Crippen LogP contribution in [0, 0.1) is 0 Å². The third-order valence-corrected chi connectivity index (χ3v) is 3.50. The largest absolute Gasteiger partial charge is 0.488 e. The molecule has 2 aromatic rings. The summed E-state index contributed by atoms with van der Waals surface area (Å²) in [5, 5.41) is 19.6. The summed E-state index contributed by atoms with van der Waals surface area (Å²) in [5.41, 5.74) is 3.68. The molecule has 1 atom stereocenters. The molecule has 0 bridgehead atoms. The summed E-state index contributed by atoms with van der Waals surface area (Å²) >= 11 is 0. The van der Waals surface area contributed by atoms with Gasteiger partial charge in [0.1, 0.15) is 18.5 Å². The van der Waals surface area contributed by atoms with Gasteiger partial charge >= 0.3 is 0 Å². The number of ether oxygens (including phenoxy) is 1. The quantitative estimate of drug-likeness (QED) is 0.866. The van der Waals surface area contributed by atoms with Crippen LogP contribution in [0.4, 0.5) is 0 Å². The molecule has 1 aliphatic rings. The van der Waals surface area contributed by atoms with Gasteiger partial charge in [-0.1, -0.05) is 30.3 Å². The Morgan fingerprint density at radius 2 is 1.95 bits per heavy atom. The number of hydrogen-bond donors (Lipinski definition) is 2. The summed E-state index contributed by atoms with van der Waals surface area (Å²) < 4.78 is 5.76. The Labute approximate surface area is 112 Å². The first-order valence-electron chi connectivity index (χ1n) is 6.42. The summed E-state index contributed by atoms with van der Waals surface area (Å²) in [4.78, 5) is 0. The van der Waals surface area contributed by atoms with Gasteiger partial charge in [-0.2, -0.15) is 0 Å². The minimum absolute atomic E-state index is 0.103. The SMILES string of the molecule is OCCc1ccc2c(c1)[C@@H](O)c1ccccc1CO2. The Morgan fingerprint density at radius 1 is 1.11 bits per heavy atom. The van der Waals surface area contributed by atoms with E-state index in [-0.39, 0.29) is 6.61 Å². The zero-order valence-corrected chi connectivity index (χ0v) is 10.5. The van der Waals surface area contributed by atoms with E-state index >= 15 is 0 Å². The molecule has 98 valence electrons. The highest BCUT2D eigenvalue weighted by Crippen LogP contribution is 2.36. The molecule has 0 fully saturated rings. The van der Waals surface area contributed by atoms with Crippen molar-refractivity contribution in [3.63, 3.8) is 0 Å². The lowest BCUT2D eigenvalue weighted by atomic mass is 9.96. The number of aliphatic hydroxyl groups excluding tert-OH is 2. The predicted octanol–water partition coefficient (Wildman–Crippen LogP) is 2.20. The van der Waals surface area contributed by atoms with Crippen LogP contribution in [-0.4, -0.2) is 16.8 Å². The van der Waals surface area contributed by atoms with Gasteiger partial charge in [-0.15, -0.1) is 0 Å². The Balaban J connectivity index is 2.07. The summed E-state index contributed by atoms with van der Waals surface area (Å²) in [6, 6.07) is 13.5. The summed E-state index contributed by atoms with van der Waals surface area (Å²) in [7, 11) is 0. The van der Waals surface area contributed by atoms with Crippen molar-refractivity contribution in [3.8, 4) is 5.75 Å². The second-order valence-electron chi connectivity index (χ2n) is 4.74. The van der Waals surface area contributed by atoms with E-state index in [0.29, 0.717) is 18.8 Å². The smallest absolute Gasteiger partial charge is 0.125 e. The van der Waals surface area contributed by atoms with Crippen LogP contribution in [0.25, 0.3) is 0 Å². The maximum Gasteiger partial charge on any atom is 0.125 e. The third-order valence-electron chi connectivity index (χ3n) is 3.50. The second kappa shape index (κ2) is 5.03. The molecule has 2 N–H and O–H groups in total. The lowest BCUT2D eigenvalue weighted by Crippen LogP contribution is -2.02. The Bertz CT molecular complexity index is 592. The van der Waals surface area contributed by atoms with Crippen molar-refractivity contribution < 1.29 is 14.9 Å². The molecule has 3 nitrogen and oxygen atoms in total. The molecular formula is C16H16O3. The molecule has 0 aromatic heterocycles. The van der Waals surface area contributed by atoms with Crippen LogP contribution in [0.3, 0.4) is 0 Å². The monoisotopic (exact) mass is 256 g/mol. The number of fused-ring (bicyclic) bond motifs is 2. The first kappa shape index (κ1) is 12.2. The average Bonchev–Trinajstić information content (AvgIpc) is 2.58. The van der Waals surface area contributed by atoms with Crippen LogP contribution >= 0.6 is 0 Å². The molecule has 0 radical (unpaired) electrons. The van der Waals surface area contributed by atoms with Crippen LogP contribution in [0.1, 0.15) is 28.4 Å². The van der Waals surface area contributed by atoms with Crippen LogP contribution in [-0.2, 0) is 13.0 Å². The van der Waals surface area contributed by atoms with E-state index in [1.807, 2.05) is 42.5 Å². The van der Waals surface area contributed by atoms with E-state index in [1.54, 1.807) is 0 Å². The minimum atomic E-state index is -0.674. The molecule has 1 heterocycles. The fourth-order valence-corrected chi connectivity index (χ4v) is 2.48. The van der Waals surface area contributed by atoms with E-state index in [0.717, 1.165) is 22.3 Å². The molecular weight excluding hydrogens is 240 g/mol. The highest BCUT2D eigenvalue weighted by atomic mass is 16.5. The molecule has 19 heavy (non-hydrogen) atoms. The zero-order chi connectivity index (χ0) is 13.2. The maximum absolute atomic E-state index is 10.5. The molecule has 1 aliphatic heterocycles. The summed E-state index contributed by atoms with van der Waals surface area (Å²) in [6.07, 6.45) is -0.0888. The van der Waals surface area contributed by atoms with E-state index in [2.05, 4.69) is 0 Å². The lowest BCUT2D eigenvalue weighted by Gasteiger charge is -2.14. The Kier molecular flexibility index (Phi) is 3.23. The summed E-state index contributed by atoms with van der Waals surface area (Å²) in [6.45, 7) is 0.575. The van der Waals surface area contributed by atoms with Crippen molar-refractivity contribution in [3.05, 3.63) is 64.7 Å². The average molecular weight is 256 g/mol. The van der Waals surface area contributed by atoms with Gasteiger partial charge in [-0.25, -0.2) is 0 Å². The second-order valence-corrected chi connectivity index (χ2v) is 4.74. The number of rotatable bonds is 2. The number of aliphatic hydroxyl groups is 2. The maximum atomic E-state index is 10.5. The van der Waals surface area contributed by atoms with Crippen molar-refractivity contribution >= 4 is 0 Å². The van der Waals surface area contributed by atoms with Crippen molar-refractivity contribution in [2.75, 3.05) is 6.61 Å². The van der Waals surface area contributed by atoms with Gasteiger partial charge in [0.05, 0.1) is 0 Å². The van der Waals surface area contributed by atoms with Gasteiger partial charge in [-0.05, 0) is 35.2 Å². The molecule has 3 heteroatoms. The molecule has 0 saturated heterocycles. The van der Waals surface area contributed by atoms with Crippen molar-refractivity contribution in [1.29, 1.82) is 0 Å². The minimum Gasteiger partial charge on any atom is -0.488 e. The Morgan fingerprint density at radius 3 is 2.79 bits per heavy atom. The van der Waals surface area contributed by atoms with E-state index in [1.165, 1.54) is 0 Å². The highest BCUT2D eigenvalue weighted by molar-refractivity contribution is 5.46. The standard InChI is InChI=1S/C16H16O3/c17-8-7-11-5-6-15-14(9-11)16(18)13-4-2-1-3-12(13)10-19-15/h1-6,9,16-18H,7-8,10H2/t16-/m0/s1. The topological polar surface area (TPSA) is 49.7 Å². The van der Waals surface area contributed by atoms with Crippen molar-refractivity contribution in [2.24, 2.45) is 0 Å². The van der Waals surface area contributed by atoms with Gasteiger partial charge < -0.3 is 14.9 Å².